The Labute approximate surface area is 151 Å². The molecule has 0 saturated heterocycles. The van der Waals surface area contributed by atoms with Gasteiger partial charge in [-0.3, -0.25) is 0 Å². The Morgan fingerprint density at radius 2 is 2.04 bits per heavy atom. The molecule has 1 saturated carbocycles. The maximum Gasteiger partial charge on any atom is 0.239 e. The predicted molar refractivity (Wildman–Crippen MR) is 95.5 cm³/mol. The van der Waals surface area contributed by atoms with Gasteiger partial charge in [0.15, 0.2) is 11.0 Å². The first-order chi connectivity index (χ1) is 12.2. The second-order valence-corrected chi connectivity index (χ2v) is 7.66. The summed E-state index contributed by atoms with van der Waals surface area (Å²) in [6.45, 7) is 4.87. The fourth-order valence-corrected chi connectivity index (χ4v) is 3.62. The van der Waals surface area contributed by atoms with Gasteiger partial charge in [0.25, 0.3) is 0 Å². The van der Waals surface area contributed by atoms with Crippen molar-refractivity contribution in [2.75, 3.05) is 0 Å². The zero-order valence-electron chi connectivity index (χ0n) is 14.4. The Kier molecular flexibility index (Phi) is 4.57. The SMILES string of the molecule is CCc1noc([C@@H](C)Sc2nnc(C3CC3)n2Cc2ccccc2)n1. The van der Waals surface area contributed by atoms with Crippen LogP contribution in [0, 0.1) is 0 Å². The molecule has 25 heavy (non-hydrogen) atoms. The van der Waals surface area contributed by atoms with E-state index >= 15 is 0 Å². The number of hydrogen-bond donors (Lipinski definition) is 0. The van der Waals surface area contributed by atoms with Crippen molar-refractivity contribution in [1.82, 2.24) is 24.9 Å². The molecule has 4 rings (SSSR count). The molecule has 3 aromatic rings. The highest BCUT2D eigenvalue weighted by atomic mass is 32.2. The molecule has 6 nitrogen and oxygen atoms in total. The number of rotatable bonds is 7. The lowest BCUT2D eigenvalue weighted by Crippen LogP contribution is -2.06. The van der Waals surface area contributed by atoms with Crippen molar-refractivity contribution in [3.63, 3.8) is 0 Å². The molecule has 0 amide bonds. The molecule has 1 atom stereocenters. The number of aryl methyl sites for hydroxylation is 1. The summed E-state index contributed by atoms with van der Waals surface area (Å²) in [6, 6.07) is 10.4. The lowest BCUT2D eigenvalue weighted by atomic mass is 10.2. The van der Waals surface area contributed by atoms with Gasteiger partial charge in [0.2, 0.25) is 5.89 Å². The maximum absolute atomic E-state index is 5.37. The smallest absolute Gasteiger partial charge is 0.239 e. The summed E-state index contributed by atoms with van der Waals surface area (Å²) in [5.74, 6) is 3.03. The van der Waals surface area contributed by atoms with Gasteiger partial charge in [0.05, 0.1) is 11.8 Å². The van der Waals surface area contributed by atoms with Gasteiger partial charge in [-0.15, -0.1) is 10.2 Å². The topological polar surface area (TPSA) is 69.6 Å². The van der Waals surface area contributed by atoms with E-state index in [2.05, 4.69) is 56.1 Å². The number of nitrogens with zero attached hydrogens (tertiary/aromatic N) is 5. The number of benzene rings is 1. The molecule has 0 unspecified atom stereocenters. The van der Waals surface area contributed by atoms with Crippen LogP contribution in [0.4, 0.5) is 0 Å². The van der Waals surface area contributed by atoms with Crippen molar-refractivity contribution < 1.29 is 4.52 Å². The second-order valence-electron chi connectivity index (χ2n) is 6.35. The quantitative estimate of drug-likeness (QED) is 0.597. The van der Waals surface area contributed by atoms with Gasteiger partial charge in [0, 0.05) is 12.3 Å². The first kappa shape index (κ1) is 16.3. The molecule has 1 fully saturated rings. The molecule has 1 aliphatic rings. The molecule has 0 aliphatic heterocycles. The zero-order valence-corrected chi connectivity index (χ0v) is 15.2. The van der Waals surface area contributed by atoms with Gasteiger partial charge in [-0.25, -0.2) is 0 Å². The van der Waals surface area contributed by atoms with Gasteiger partial charge >= 0.3 is 0 Å². The van der Waals surface area contributed by atoms with Crippen LogP contribution < -0.4 is 0 Å². The Morgan fingerprint density at radius 3 is 2.72 bits per heavy atom. The molecule has 0 spiro atoms. The molecule has 0 radical (unpaired) electrons. The monoisotopic (exact) mass is 355 g/mol. The van der Waals surface area contributed by atoms with E-state index in [0.29, 0.717) is 11.8 Å². The van der Waals surface area contributed by atoms with E-state index in [1.54, 1.807) is 11.8 Å². The van der Waals surface area contributed by atoms with Gasteiger partial charge < -0.3 is 9.09 Å². The van der Waals surface area contributed by atoms with E-state index < -0.39 is 0 Å². The summed E-state index contributed by atoms with van der Waals surface area (Å²) in [5, 5.41) is 13.9. The van der Waals surface area contributed by atoms with Gasteiger partial charge in [-0.1, -0.05) is 54.2 Å². The highest BCUT2D eigenvalue weighted by Gasteiger charge is 2.31. The van der Waals surface area contributed by atoms with Crippen LogP contribution in [0.25, 0.3) is 0 Å². The third-order valence-corrected chi connectivity index (χ3v) is 5.37. The van der Waals surface area contributed by atoms with Crippen LogP contribution in [-0.2, 0) is 13.0 Å². The number of thioether (sulfide) groups is 1. The van der Waals surface area contributed by atoms with Gasteiger partial charge in [-0.05, 0) is 25.3 Å². The first-order valence-electron chi connectivity index (χ1n) is 8.70. The molecule has 1 aromatic carbocycles. The van der Waals surface area contributed by atoms with Crippen LogP contribution in [0.1, 0.15) is 61.0 Å². The van der Waals surface area contributed by atoms with Gasteiger partial charge in [-0.2, -0.15) is 4.98 Å². The fourth-order valence-electron chi connectivity index (χ4n) is 2.73. The average Bonchev–Trinajstić information content (AvgIpc) is 3.23. The molecule has 7 heteroatoms. The van der Waals surface area contributed by atoms with E-state index in [1.807, 2.05) is 13.0 Å². The van der Waals surface area contributed by atoms with Gasteiger partial charge in [0.1, 0.15) is 5.82 Å². The van der Waals surface area contributed by atoms with Crippen LogP contribution >= 0.6 is 11.8 Å². The van der Waals surface area contributed by atoms with E-state index in [1.165, 1.54) is 18.4 Å². The number of hydrogen-bond acceptors (Lipinski definition) is 6. The van der Waals surface area contributed by atoms with E-state index in [4.69, 9.17) is 4.52 Å². The molecule has 0 N–H and O–H groups in total. The van der Waals surface area contributed by atoms with Crippen LogP contribution in [0.3, 0.4) is 0 Å². The Bertz CT molecular complexity index is 840. The second kappa shape index (κ2) is 7.00. The molecule has 0 bridgehead atoms. The Balaban J connectivity index is 1.58. The average molecular weight is 355 g/mol. The van der Waals surface area contributed by atoms with Crippen molar-refractivity contribution in [3.8, 4) is 0 Å². The lowest BCUT2D eigenvalue weighted by Gasteiger charge is -2.11. The first-order valence-corrected chi connectivity index (χ1v) is 9.58. The van der Waals surface area contributed by atoms with E-state index in [-0.39, 0.29) is 5.25 Å². The van der Waals surface area contributed by atoms with Crippen LogP contribution in [0.5, 0.6) is 0 Å². The third kappa shape index (κ3) is 3.61. The minimum atomic E-state index is 0.0403. The zero-order chi connectivity index (χ0) is 17.2. The van der Waals surface area contributed by atoms with Crippen molar-refractivity contribution >= 4 is 11.8 Å². The molecular formula is C18H21N5OS. The highest BCUT2D eigenvalue weighted by Crippen LogP contribution is 2.41. The van der Waals surface area contributed by atoms with Crippen molar-refractivity contribution in [2.45, 2.75) is 56.0 Å². The van der Waals surface area contributed by atoms with Crippen LogP contribution in [0.2, 0.25) is 0 Å². The molecule has 2 aromatic heterocycles. The minimum absolute atomic E-state index is 0.0403. The minimum Gasteiger partial charge on any atom is -0.338 e. The summed E-state index contributed by atoms with van der Waals surface area (Å²) >= 11 is 1.63. The Morgan fingerprint density at radius 1 is 1.24 bits per heavy atom. The van der Waals surface area contributed by atoms with Crippen molar-refractivity contribution in [3.05, 3.63) is 53.4 Å². The fraction of sp³-hybridized carbons (Fsp3) is 0.444. The largest absolute Gasteiger partial charge is 0.338 e. The highest BCUT2D eigenvalue weighted by molar-refractivity contribution is 7.99. The Hall–Kier alpha value is -2.15. The van der Waals surface area contributed by atoms with E-state index in [9.17, 15) is 0 Å². The van der Waals surface area contributed by atoms with E-state index in [0.717, 1.165) is 29.8 Å². The molecule has 130 valence electrons. The summed E-state index contributed by atoms with van der Waals surface area (Å²) < 4.78 is 7.62. The standard InChI is InChI=1S/C18H21N5OS/c1-3-15-19-17(24-22-15)12(2)25-18-21-20-16(14-9-10-14)23(18)11-13-7-5-4-6-8-13/h4-8,12,14H,3,9-11H2,1-2H3/t12-/m1/s1. The summed E-state index contributed by atoms with van der Waals surface area (Å²) in [5.41, 5.74) is 1.25. The third-order valence-electron chi connectivity index (χ3n) is 4.30. The molecular weight excluding hydrogens is 334 g/mol. The predicted octanol–water partition coefficient (Wildman–Crippen LogP) is 4.00. The molecule has 1 aliphatic carbocycles. The maximum atomic E-state index is 5.37. The summed E-state index contributed by atoms with van der Waals surface area (Å²) in [6.07, 6.45) is 3.18. The van der Waals surface area contributed by atoms with Crippen molar-refractivity contribution in [2.24, 2.45) is 0 Å². The van der Waals surface area contributed by atoms with Crippen LogP contribution in [0.15, 0.2) is 40.0 Å². The number of aromatic nitrogens is 5. The van der Waals surface area contributed by atoms with Crippen molar-refractivity contribution in [1.29, 1.82) is 0 Å². The summed E-state index contributed by atoms with van der Waals surface area (Å²) in [4.78, 5) is 4.44. The lowest BCUT2D eigenvalue weighted by molar-refractivity contribution is 0.375. The van der Waals surface area contributed by atoms with Crippen LogP contribution in [-0.4, -0.2) is 24.9 Å². The summed E-state index contributed by atoms with van der Waals surface area (Å²) in [7, 11) is 0. The normalized spacial score (nSPS) is 15.4. The molecule has 2 heterocycles.